The van der Waals surface area contributed by atoms with Crippen molar-refractivity contribution in [2.75, 3.05) is 19.0 Å². The fourth-order valence-corrected chi connectivity index (χ4v) is 2.41. The lowest BCUT2D eigenvalue weighted by molar-refractivity contribution is 0.0895. The van der Waals surface area contributed by atoms with E-state index in [9.17, 15) is 4.79 Å². The van der Waals surface area contributed by atoms with Crippen LogP contribution in [-0.2, 0) is 4.74 Å². The number of alkyl halides is 1. The van der Waals surface area contributed by atoms with E-state index in [2.05, 4.69) is 21.2 Å². The summed E-state index contributed by atoms with van der Waals surface area (Å²) in [6.45, 7) is 0.454. The normalized spacial score (nSPS) is 12.2. The first-order chi connectivity index (χ1) is 8.60. The molecule has 0 spiro atoms. The van der Waals surface area contributed by atoms with E-state index in [-0.39, 0.29) is 17.0 Å². The quantitative estimate of drug-likeness (QED) is 0.793. The van der Waals surface area contributed by atoms with Gasteiger partial charge in [0.2, 0.25) is 0 Å². The van der Waals surface area contributed by atoms with Gasteiger partial charge in [-0.3, -0.25) is 4.79 Å². The van der Waals surface area contributed by atoms with E-state index in [0.717, 1.165) is 11.8 Å². The maximum Gasteiger partial charge on any atom is 0.253 e. The number of hydrogen-bond acceptors (Lipinski definition) is 2. The van der Waals surface area contributed by atoms with Crippen LogP contribution in [0.3, 0.4) is 0 Å². The summed E-state index contributed by atoms with van der Waals surface area (Å²) in [5, 5.41) is 4.29. The molecule has 1 unspecified atom stereocenters. The van der Waals surface area contributed by atoms with Gasteiger partial charge in [0.15, 0.2) is 0 Å². The molecule has 1 rings (SSSR count). The Bertz CT molecular complexity index is 409. The third-order valence-corrected chi connectivity index (χ3v) is 3.63. The van der Waals surface area contributed by atoms with Gasteiger partial charge < -0.3 is 10.1 Å². The number of carbonyl (C=O) groups is 1. The molecule has 100 valence electrons. The molecule has 0 fully saturated rings. The van der Waals surface area contributed by atoms with Crippen LogP contribution in [0.1, 0.15) is 16.8 Å². The number of methoxy groups -OCH3 is 1. The van der Waals surface area contributed by atoms with Gasteiger partial charge in [-0.2, -0.15) is 0 Å². The average Bonchev–Trinajstić information content (AvgIpc) is 2.33. The summed E-state index contributed by atoms with van der Waals surface area (Å²) < 4.78 is 5.05. The van der Waals surface area contributed by atoms with Crippen LogP contribution in [0.4, 0.5) is 0 Å². The summed E-state index contributed by atoms with van der Waals surface area (Å²) in [6.07, 6.45) is 0.776. The number of halogens is 3. The van der Waals surface area contributed by atoms with Crippen LogP contribution in [0.2, 0.25) is 10.0 Å². The van der Waals surface area contributed by atoms with Crippen LogP contribution >= 0.6 is 39.1 Å². The molecule has 1 amide bonds. The van der Waals surface area contributed by atoms with Gasteiger partial charge in [0.05, 0.1) is 28.3 Å². The molecule has 0 saturated heterocycles. The van der Waals surface area contributed by atoms with E-state index in [4.69, 9.17) is 27.9 Å². The summed E-state index contributed by atoms with van der Waals surface area (Å²) in [5.41, 5.74) is 0.375. The number of nitrogens with one attached hydrogen (secondary N) is 1. The number of ether oxygens (including phenoxy) is 1. The minimum atomic E-state index is -0.245. The molecule has 0 saturated carbocycles. The lowest BCUT2D eigenvalue weighted by Crippen LogP contribution is -2.38. The smallest absolute Gasteiger partial charge is 0.253 e. The molecule has 3 nitrogen and oxygen atoms in total. The minimum absolute atomic E-state index is 0.0584. The lowest BCUT2D eigenvalue weighted by atomic mass is 10.1. The fraction of sp³-hybridized carbons (Fsp3) is 0.417. The predicted molar refractivity (Wildman–Crippen MR) is 78.0 cm³/mol. The van der Waals surface area contributed by atoms with Crippen LogP contribution in [0, 0.1) is 0 Å². The van der Waals surface area contributed by atoms with Crippen molar-refractivity contribution in [3.63, 3.8) is 0 Å². The Morgan fingerprint density at radius 2 is 2.22 bits per heavy atom. The molecule has 1 aromatic rings. The van der Waals surface area contributed by atoms with Crippen molar-refractivity contribution < 1.29 is 9.53 Å². The Labute approximate surface area is 125 Å². The highest BCUT2D eigenvalue weighted by atomic mass is 79.9. The Kier molecular flexibility index (Phi) is 7.00. The molecule has 18 heavy (non-hydrogen) atoms. The van der Waals surface area contributed by atoms with Gasteiger partial charge in [-0.25, -0.2) is 0 Å². The van der Waals surface area contributed by atoms with Gasteiger partial charge in [0, 0.05) is 12.4 Å². The van der Waals surface area contributed by atoms with Crippen molar-refractivity contribution in [3.8, 4) is 0 Å². The van der Waals surface area contributed by atoms with E-state index in [0.29, 0.717) is 17.2 Å². The van der Waals surface area contributed by atoms with E-state index >= 15 is 0 Å². The minimum Gasteiger partial charge on any atom is -0.383 e. The summed E-state index contributed by atoms with van der Waals surface area (Å²) in [7, 11) is 1.60. The Morgan fingerprint density at radius 1 is 1.50 bits per heavy atom. The fourth-order valence-electron chi connectivity index (χ4n) is 1.47. The van der Waals surface area contributed by atoms with E-state index in [1.165, 1.54) is 0 Å². The highest BCUT2D eigenvalue weighted by Gasteiger charge is 2.16. The SMILES string of the molecule is COCC(CCBr)NC(=O)c1cccc(Cl)c1Cl. The van der Waals surface area contributed by atoms with Crippen molar-refractivity contribution >= 4 is 45.0 Å². The van der Waals surface area contributed by atoms with Gasteiger partial charge in [-0.05, 0) is 18.6 Å². The van der Waals surface area contributed by atoms with E-state index in [1.807, 2.05) is 0 Å². The molecule has 0 aliphatic rings. The lowest BCUT2D eigenvalue weighted by Gasteiger charge is -2.17. The molecule has 1 N–H and O–H groups in total. The second-order valence-corrected chi connectivity index (χ2v) is 5.28. The Hall–Kier alpha value is -0.290. The van der Waals surface area contributed by atoms with Crippen LogP contribution in [0.5, 0.6) is 0 Å². The highest BCUT2D eigenvalue weighted by Crippen LogP contribution is 2.25. The van der Waals surface area contributed by atoms with Crippen molar-refractivity contribution in [1.29, 1.82) is 0 Å². The van der Waals surface area contributed by atoms with Crippen molar-refractivity contribution in [3.05, 3.63) is 33.8 Å². The molecule has 1 aromatic carbocycles. The average molecular weight is 355 g/mol. The third kappa shape index (κ3) is 4.43. The monoisotopic (exact) mass is 353 g/mol. The summed E-state index contributed by atoms with van der Waals surface area (Å²) in [5.74, 6) is -0.245. The van der Waals surface area contributed by atoms with E-state index in [1.54, 1.807) is 25.3 Å². The van der Waals surface area contributed by atoms with Crippen molar-refractivity contribution in [2.45, 2.75) is 12.5 Å². The predicted octanol–water partition coefficient (Wildman–Crippen LogP) is 3.52. The number of hydrogen-bond donors (Lipinski definition) is 1. The van der Waals surface area contributed by atoms with Gasteiger partial charge in [0.25, 0.3) is 5.91 Å². The molecule has 0 heterocycles. The Morgan fingerprint density at radius 3 is 2.83 bits per heavy atom. The molecular formula is C12H14BrCl2NO2. The van der Waals surface area contributed by atoms with Crippen molar-refractivity contribution in [2.24, 2.45) is 0 Å². The van der Waals surface area contributed by atoms with Crippen LogP contribution in [0.25, 0.3) is 0 Å². The van der Waals surface area contributed by atoms with Gasteiger partial charge in [0.1, 0.15) is 0 Å². The highest BCUT2D eigenvalue weighted by molar-refractivity contribution is 9.09. The van der Waals surface area contributed by atoms with Crippen LogP contribution in [-0.4, -0.2) is 31.0 Å². The summed E-state index contributed by atoms with van der Waals surface area (Å²) in [6, 6.07) is 4.92. The molecule has 0 bridgehead atoms. The summed E-state index contributed by atoms with van der Waals surface area (Å²) >= 11 is 15.2. The number of amides is 1. The van der Waals surface area contributed by atoms with Crippen molar-refractivity contribution in [1.82, 2.24) is 5.32 Å². The largest absolute Gasteiger partial charge is 0.383 e. The number of rotatable bonds is 6. The van der Waals surface area contributed by atoms with Crippen LogP contribution in [0.15, 0.2) is 18.2 Å². The zero-order chi connectivity index (χ0) is 13.5. The number of benzene rings is 1. The van der Waals surface area contributed by atoms with E-state index < -0.39 is 0 Å². The first kappa shape index (κ1) is 15.8. The van der Waals surface area contributed by atoms with Gasteiger partial charge >= 0.3 is 0 Å². The first-order valence-electron chi connectivity index (χ1n) is 5.40. The maximum atomic E-state index is 12.1. The maximum absolute atomic E-state index is 12.1. The summed E-state index contributed by atoms with van der Waals surface area (Å²) in [4.78, 5) is 12.1. The standard InChI is InChI=1S/C12H14BrCl2NO2/c1-18-7-8(5-6-13)16-12(17)9-3-2-4-10(14)11(9)15/h2-4,8H,5-7H2,1H3,(H,16,17). The van der Waals surface area contributed by atoms with Gasteiger partial charge in [-0.1, -0.05) is 45.2 Å². The Balaban J connectivity index is 2.77. The zero-order valence-corrected chi connectivity index (χ0v) is 13.0. The second kappa shape index (κ2) is 8.00. The molecule has 1 atom stereocenters. The molecule has 0 aliphatic carbocycles. The second-order valence-electron chi connectivity index (χ2n) is 3.70. The molecule has 0 aliphatic heterocycles. The third-order valence-electron chi connectivity index (χ3n) is 2.36. The van der Waals surface area contributed by atoms with Gasteiger partial charge in [-0.15, -0.1) is 0 Å². The topological polar surface area (TPSA) is 38.3 Å². The van der Waals surface area contributed by atoms with Crippen LogP contribution < -0.4 is 5.32 Å². The number of carbonyl (C=O) groups excluding carboxylic acids is 1. The molecular weight excluding hydrogens is 341 g/mol. The zero-order valence-electron chi connectivity index (χ0n) is 9.88. The first-order valence-corrected chi connectivity index (χ1v) is 7.27. The molecule has 6 heteroatoms. The molecule has 0 radical (unpaired) electrons. The molecule has 0 aromatic heterocycles.